The molecule has 2 heterocycles. The molecule has 1 aromatic carbocycles. The third-order valence-electron chi connectivity index (χ3n) is 2.36. The Morgan fingerprint density at radius 3 is 2.71 bits per heavy atom. The molecule has 0 N–H and O–H groups in total. The molecule has 0 saturated heterocycles. The standard InChI is InChI=1S/C13H8BrNOS/c14-12-10-6-7-15-8-11(10)16-13(12)17-9-4-2-1-3-5-9/h1-8H. The van der Waals surface area contributed by atoms with Gasteiger partial charge in [0, 0.05) is 16.5 Å². The molecule has 0 unspecified atom stereocenters. The van der Waals surface area contributed by atoms with Gasteiger partial charge >= 0.3 is 0 Å². The van der Waals surface area contributed by atoms with Gasteiger partial charge < -0.3 is 4.42 Å². The zero-order valence-electron chi connectivity index (χ0n) is 8.76. The van der Waals surface area contributed by atoms with Gasteiger partial charge in [0.1, 0.15) is 0 Å². The van der Waals surface area contributed by atoms with Crippen molar-refractivity contribution in [1.29, 1.82) is 0 Å². The maximum Gasteiger partial charge on any atom is 0.180 e. The Bertz CT molecular complexity index is 651. The lowest BCUT2D eigenvalue weighted by molar-refractivity contribution is 0.510. The third-order valence-corrected chi connectivity index (χ3v) is 4.39. The number of rotatable bonds is 2. The van der Waals surface area contributed by atoms with E-state index < -0.39 is 0 Å². The summed E-state index contributed by atoms with van der Waals surface area (Å²) in [5, 5.41) is 1.91. The van der Waals surface area contributed by atoms with Gasteiger partial charge in [0.05, 0.1) is 10.7 Å². The lowest BCUT2D eigenvalue weighted by Crippen LogP contribution is -1.69. The average Bonchev–Trinajstić information content (AvgIpc) is 2.68. The van der Waals surface area contributed by atoms with Gasteiger partial charge in [-0.25, -0.2) is 0 Å². The molecule has 0 aliphatic rings. The van der Waals surface area contributed by atoms with Crippen LogP contribution in [0.3, 0.4) is 0 Å². The Kier molecular flexibility index (Phi) is 2.91. The molecule has 0 spiro atoms. The van der Waals surface area contributed by atoms with Gasteiger partial charge in [-0.3, -0.25) is 4.98 Å². The second-order valence-electron chi connectivity index (χ2n) is 3.49. The van der Waals surface area contributed by atoms with Crippen molar-refractivity contribution >= 4 is 38.7 Å². The lowest BCUT2D eigenvalue weighted by atomic mass is 10.3. The van der Waals surface area contributed by atoms with Crippen LogP contribution in [0, 0.1) is 0 Å². The molecular weight excluding hydrogens is 298 g/mol. The van der Waals surface area contributed by atoms with Crippen molar-refractivity contribution in [2.24, 2.45) is 0 Å². The normalized spacial score (nSPS) is 10.9. The van der Waals surface area contributed by atoms with Gasteiger partial charge in [-0.1, -0.05) is 30.0 Å². The summed E-state index contributed by atoms with van der Waals surface area (Å²) < 4.78 is 6.75. The lowest BCUT2D eigenvalue weighted by Gasteiger charge is -1.97. The first-order valence-electron chi connectivity index (χ1n) is 5.09. The molecule has 3 aromatic rings. The summed E-state index contributed by atoms with van der Waals surface area (Å²) in [6.07, 6.45) is 3.49. The second kappa shape index (κ2) is 4.55. The summed E-state index contributed by atoms with van der Waals surface area (Å²) in [6.45, 7) is 0. The minimum absolute atomic E-state index is 0.804. The summed E-state index contributed by atoms with van der Waals surface area (Å²) in [4.78, 5) is 5.20. The van der Waals surface area contributed by atoms with E-state index in [1.165, 1.54) is 0 Å². The first-order chi connectivity index (χ1) is 8.34. The highest BCUT2D eigenvalue weighted by molar-refractivity contribution is 9.10. The molecule has 4 heteroatoms. The molecule has 0 fully saturated rings. The molecule has 0 bridgehead atoms. The molecule has 2 nitrogen and oxygen atoms in total. The molecular formula is C13H8BrNOS. The Balaban J connectivity index is 2.04. The molecule has 0 aliphatic heterocycles. The summed E-state index contributed by atoms with van der Waals surface area (Å²) in [7, 11) is 0. The largest absolute Gasteiger partial charge is 0.447 e. The number of furan rings is 1. The zero-order valence-corrected chi connectivity index (χ0v) is 11.2. The SMILES string of the molecule is Brc1c(Sc2ccccc2)oc2cnccc12. The summed E-state index contributed by atoms with van der Waals surface area (Å²) >= 11 is 5.17. The van der Waals surface area contributed by atoms with Crippen LogP contribution in [0.2, 0.25) is 0 Å². The predicted molar refractivity (Wildman–Crippen MR) is 72.3 cm³/mol. The number of hydrogen-bond acceptors (Lipinski definition) is 3. The van der Waals surface area contributed by atoms with E-state index >= 15 is 0 Å². The van der Waals surface area contributed by atoms with E-state index in [9.17, 15) is 0 Å². The molecule has 2 aromatic heterocycles. The first kappa shape index (κ1) is 10.9. The molecule has 0 amide bonds. The van der Waals surface area contributed by atoms with Crippen molar-refractivity contribution in [3.8, 4) is 0 Å². The van der Waals surface area contributed by atoms with Crippen molar-refractivity contribution in [3.05, 3.63) is 53.3 Å². The van der Waals surface area contributed by atoms with Crippen LogP contribution in [0.5, 0.6) is 0 Å². The van der Waals surface area contributed by atoms with Gasteiger partial charge in [0.2, 0.25) is 0 Å². The Morgan fingerprint density at radius 2 is 1.94 bits per heavy atom. The second-order valence-corrected chi connectivity index (χ2v) is 5.33. The highest BCUT2D eigenvalue weighted by Gasteiger charge is 2.12. The number of hydrogen-bond donors (Lipinski definition) is 0. The van der Waals surface area contributed by atoms with E-state index in [1.807, 2.05) is 24.3 Å². The van der Waals surface area contributed by atoms with Crippen molar-refractivity contribution in [1.82, 2.24) is 4.98 Å². The van der Waals surface area contributed by atoms with E-state index in [0.717, 1.165) is 25.4 Å². The maximum absolute atomic E-state index is 5.76. The van der Waals surface area contributed by atoms with Gasteiger partial charge in [0.15, 0.2) is 10.7 Å². The topological polar surface area (TPSA) is 26.0 Å². The number of aromatic nitrogens is 1. The molecule has 0 atom stereocenters. The van der Waals surface area contributed by atoms with Gasteiger partial charge in [0.25, 0.3) is 0 Å². The third kappa shape index (κ3) is 2.10. The minimum Gasteiger partial charge on any atom is -0.447 e. The van der Waals surface area contributed by atoms with Crippen molar-refractivity contribution in [2.75, 3.05) is 0 Å². The smallest absolute Gasteiger partial charge is 0.180 e. The number of halogens is 1. The molecule has 0 saturated carbocycles. The monoisotopic (exact) mass is 305 g/mol. The quantitative estimate of drug-likeness (QED) is 0.684. The average molecular weight is 306 g/mol. The van der Waals surface area contributed by atoms with Gasteiger partial charge in [-0.15, -0.1) is 0 Å². The minimum atomic E-state index is 0.804. The first-order valence-corrected chi connectivity index (χ1v) is 6.70. The molecule has 17 heavy (non-hydrogen) atoms. The van der Waals surface area contributed by atoms with Crippen LogP contribution in [0.4, 0.5) is 0 Å². The van der Waals surface area contributed by atoms with E-state index in [2.05, 4.69) is 33.0 Å². The van der Waals surface area contributed by atoms with Crippen molar-refractivity contribution in [3.63, 3.8) is 0 Å². The molecule has 0 radical (unpaired) electrons. The van der Waals surface area contributed by atoms with Crippen LogP contribution in [-0.4, -0.2) is 4.98 Å². The number of nitrogens with zero attached hydrogens (tertiary/aromatic N) is 1. The van der Waals surface area contributed by atoms with Gasteiger partial charge in [-0.05, 0) is 34.1 Å². The summed E-state index contributed by atoms with van der Waals surface area (Å²) in [6, 6.07) is 12.1. The van der Waals surface area contributed by atoms with Crippen molar-refractivity contribution in [2.45, 2.75) is 9.99 Å². The Labute approximate surface area is 111 Å². The highest BCUT2D eigenvalue weighted by Crippen LogP contribution is 2.39. The summed E-state index contributed by atoms with van der Waals surface area (Å²) in [5.74, 6) is 0. The number of benzene rings is 1. The van der Waals surface area contributed by atoms with Gasteiger partial charge in [-0.2, -0.15) is 0 Å². The fourth-order valence-corrected chi connectivity index (χ4v) is 3.05. The Hall–Kier alpha value is -1.26. The van der Waals surface area contributed by atoms with Crippen LogP contribution >= 0.6 is 27.7 Å². The molecule has 0 aliphatic carbocycles. The van der Waals surface area contributed by atoms with Crippen LogP contribution in [0.1, 0.15) is 0 Å². The highest BCUT2D eigenvalue weighted by atomic mass is 79.9. The molecule has 84 valence electrons. The van der Waals surface area contributed by atoms with Crippen LogP contribution < -0.4 is 0 Å². The van der Waals surface area contributed by atoms with Crippen LogP contribution in [-0.2, 0) is 0 Å². The molecule has 3 rings (SSSR count). The zero-order chi connectivity index (χ0) is 11.7. The Morgan fingerprint density at radius 1 is 1.12 bits per heavy atom. The predicted octanol–water partition coefficient (Wildman–Crippen LogP) is 4.74. The number of fused-ring (bicyclic) bond motifs is 1. The van der Waals surface area contributed by atoms with E-state index in [4.69, 9.17) is 4.42 Å². The van der Waals surface area contributed by atoms with E-state index in [1.54, 1.807) is 24.2 Å². The van der Waals surface area contributed by atoms with Crippen molar-refractivity contribution < 1.29 is 4.42 Å². The fourth-order valence-electron chi connectivity index (χ4n) is 1.56. The maximum atomic E-state index is 5.76. The van der Waals surface area contributed by atoms with E-state index in [0.29, 0.717) is 0 Å². The summed E-state index contributed by atoms with van der Waals surface area (Å²) in [5.41, 5.74) is 0.804. The number of pyridine rings is 1. The fraction of sp³-hybridized carbons (Fsp3) is 0. The van der Waals surface area contributed by atoms with Crippen LogP contribution in [0.25, 0.3) is 11.0 Å². The van der Waals surface area contributed by atoms with E-state index in [-0.39, 0.29) is 0 Å². The van der Waals surface area contributed by atoms with Crippen LogP contribution in [0.15, 0.2) is 67.7 Å².